The van der Waals surface area contributed by atoms with Crippen LogP contribution >= 0.6 is 23.2 Å². The van der Waals surface area contributed by atoms with Gasteiger partial charge in [0.2, 0.25) is 0 Å². The summed E-state index contributed by atoms with van der Waals surface area (Å²) < 4.78 is 20.8. The molecule has 4 rings (SSSR count). The van der Waals surface area contributed by atoms with Gasteiger partial charge in [0.15, 0.2) is 0 Å². The Morgan fingerprint density at radius 1 is 1.27 bits per heavy atom. The maximum absolute atomic E-state index is 15.5. The smallest absolute Gasteiger partial charge is 0.303 e. The summed E-state index contributed by atoms with van der Waals surface area (Å²) in [6.45, 7) is 1.90. The van der Waals surface area contributed by atoms with Crippen LogP contribution in [0.3, 0.4) is 0 Å². The molecule has 1 fully saturated rings. The minimum Gasteiger partial charge on any atom is -0.497 e. The molecule has 1 saturated heterocycles. The van der Waals surface area contributed by atoms with Crippen molar-refractivity contribution in [2.24, 2.45) is 11.8 Å². The van der Waals surface area contributed by atoms with Gasteiger partial charge in [-0.15, -0.1) is 0 Å². The van der Waals surface area contributed by atoms with E-state index >= 15 is 4.39 Å². The Kier molecular flexibility index (Phi) is 9.26. The van der Waals surface area contributed by atoms with Crippen molar-refractivity contribution in [3.05, 3.63) is 69.8 Å². The van der Waals surface area contributed by atoms with E-state index in [1.54, 1.807) is 31.5 Å². The van der Waals surface area contributed by atoms with Crippen LogP contribution < -0.4 is 4.74 Å². The highest BCUT2D eigenvalue weighted by Crippen LogP contribution is 2.36. The summed E-state index contributed by atoms with van der Waals surface area (Å²) in [5.74, 6) is 6.08. The molecule has 0 bridgehead atoms. The molecule has 37 heavy (non-hydrogen) atoms. The van der Waals surface area contributed by atoms with E-state index in [-0.39, 0.29) is 18.3 Å². The molecule has 2 aromatic carbocycles. The lowest BCUT2D eigenvalue weighted by atomic mass is 9.79. The van der Waals surface area contributed by atoms with Crippen LogP contribution in [0.15, 0.2) is 48.7 Å². The zero-order valence-electron chi connectivity index (χ0n) is 20.6. The van der Waals surface area contributed by atoms with Crippen molar-refractivity contribution in [3.63, 3.8) is 0 Å². The van der Waals surface area contributed by atoms with Gasteiger partial charge in [0.25, 0.3) is 0 Å². The van der Waals surface area contributed by atoms with E-state index in [9.17, 15) is 9.90 Å². The molecule has 2 heterocycles. The van der Waals surface area contributed by atoms with E-state index in [0.717, 1.165) is 23.9 Å². The maximum atomic E-state index is 15.5. The molecule has 5 nitrogen and oxygen atoms in total. The molecule has 3 aromatic rings. The highest BCUT2D eigenvalue weighted by Gasteiger charge is 2.31. The van der Waals surface area contributed by atoms with Gasteiger partial charge >= 0.3 is 5.97 Å². The molecule has 194 valence electrons. The number of alkyl halides is 1. The predicted octanol–water partition coefficient (Wildman–Crippen LogP) is 6.81. The summed E-state index contributed by atoms with van der Waals surface area (Å²) in [6, 6.07) is 12.5. The second-order valence-corrected chi connectivity index (χ2v) is 10.2. The Balaban J connectivity index is 1.40. The van der Waals surface area contributed by atoms with Crippen molar-refractivity contribution in [2.45, 2.75) is 31.9 Å². The largest absolute Gasteiger partial charge is 0.497 e. The van der Waals surface area contributed by atoms with Crippen LogP contribution in [0.2, 0.25) is 10.0 Å². The van der Waals surface area contributed by atoms with Crippen LogP contribution in [0.1, 0.15) is 43.0 Å². The van der Waals surface area contributed by atoms with Gasteiger partial charge in [0.1, 0.15) is 11.9 Å². The topological polar surface area (TPSA) is 62.7 Å². The number of carboxylic acid groups (broad SMARTS) is 1. The molecule has 1 aliphatic heterocycles. The average molecular weight is 543 g/mol. The number of aromatic nitrogens is 1. The fourth-order valence-corrected chi connectivity index (χ4v) is 5.39. The molecule has 0 spiro atoms. The molecular weight excluding hydrogens is 514 g/mol. The number of aliphatic carboxylic acids is 1. The number of rotatable bonds is 8. The third kappa shape index (κ3) is 6.93. The third-order valence-corrected chi connectivity index (χ3v) is 7.82. The van der Waals surface area contributed by atoms with Gasteiger partial charge in [0.05, 0.1) is 29.2 Å². The number of carboxylic acids is 1. The van der Waals surface area contributed by atoms with Crippen molar-refractivity contribution in [2.75, 3.05) is 26.7 Å². The lowest BCUT2D eigenvalue weighted by molar-refractivity contribution is -0.139. The lowest BCUT2D eigenvalue weighted by Crippen LogP contribution is -2.41. The quantitative estimate of drug-likeness (QED) is 0.317. The molecule has 0 amide bonds. The van der Waals surface area contributed by atoms with Gasteiger partial charge in [-0.3, -0.25) is 14.7 Å². The van der Waals surface area contributed by atoms with Crippen molar-refractivity contribution < 1.29 is 19.0 Å². The van der Waals surface area contributed by atoms with Gasteiger partial charge in [0, 0.05) is 30.1 Å². The minimum absolute atomic E-state index is 0.0566. The third-order valence-electron chi connectivity index (χ3n) is 7.00. The maximum Gasteiger partial charge on any atom is 0.303 e. The lowest BCUT2D eigenvalue weighted by Gasteiger charge is -2.37. The van der Waals surface area contributed by atoms with E-state index < -0.39 is 12.1 Å². The number of hydrogen-bond acceptors (Lipinski definition) is 4. The van der Waals surface area contributed by atoms with Crippen molar-refractivity contribution in [1.82, 2.24) is 9.88 Å². The molecule has 1 N–H and O–H groups in total. The van der Waals surface area contributed by atoms with Crippen LogP contribution in [0.5, 0.6) is 5.75 Å². The van der Waals surface area contributed by atoms with Gasteiger partial charge in [-0.05, 0) is 79.6 Å². The van der Waals surface area contributed by atoms with Crippen LogP contribution in [-0.4, -0.2) is 47.7 Å². The Morgan fingerprint density at radius 3 is 2.89 bits per heavy atom. The first kappa shape index (κ1) is 27.2. The number of carbonyl (C=O) groups is 1. The van der Waals surface area contributed by atoms with Crippen LogP contribution in [-0.2, 0) is 4.79 Å². The van der Waals surface area contributed by atoms with Crippen molar-refractivity contribution >= 4 is 40.1 Å². The van der Waals surface area contributed by atoms with Gasteiger partial charge in [-0.2, -0.15) is 0 Å². The number of pyridine rings is 1. The highest BCUT2D eigenvalue weighted by atomic mass is 35.5. The fraction of sp³-hybridized carbons (Fsp3) is 0.379. The van der Waals surface area contributed by atoms with Crippen LogP contribution in [0, 0.1) is 23.7 Å². The number of ether oxygens (including phenoxy) is 1. The van der Waals surface area contributed by atoms with Crippen LogP contribution in [0.4, 0.5) is 4.39 Å². The summed E-state index contributed by atoms with van der Waals surface area (Å²) in [5.41, 5.74) is 1.98. The fourth-order valence-electron chi connectivity index (χ4n) is 5.04. The number of likely N-dealkylation sites (tertiary alicyclic amines) is 1. The SMILES string of the molecule is COc1ccc2nccc([C@H](F)CC[C@@H]3CCN(CC#Cc4cccc(Cl)c4Cl)C[C@@H]3CC(=O)O)c2c1. The molecule has 0 radical (unpaired) electrons. The van der Waals surface area contributed by atoms with E-state index in [4.69, 9.17) is 27.9 Å². The first-order valence-corrected chi connectivity index (χ1v) is 13.0. The molecule has 3 atom stereocenters. The molecule has 8 heteroatoms. The number of methoxy groups -OCH3 is 1. The number of halogens is 3. The number of nitrogens with zero attached hydrogens (tertiary/aromatic N) is 2. The van der Waals surface area contributed by atoms with E-state index in [1.165, 1.54) is 0 Å². The zero-order chi connectivity index (χ0) is 26.4. The Morgan fingerprint density at radius 2 is 2.11 bits per heavy atom. The van der Waals surface area contributed by atoms with Crippen molar-refractivity contribution in [3.8, 4) is 17.6 Å². The molecule has 0 saturated carbocycles. The minimum atomic E-state index is -1.17. The van der Waals surface area contributed by atoms with Gasteiger partial charge in [-0.1, -0.05) is 41.1 Å². The first-order chi connectivity index (χ1) is 17.9. The average Bonchev–Trinajstić information content (AvgIpc) is 2.89. The van der Waals surface area contributed by atoms with E-state index in [2.05, 4.69) is 21.7 Å². The zero-order valence-corrected chi connectivity index (χ0v) is 22.1. The molecule has 0 unspecified atom stereocenters. The standard InChI is InChI=1S/C29H29Cl2FN2O3/c1-37-22-8-10-27-24(17-22)23(11-13-33-27)26(32)9-7-19-12-15-34(18-21(19)16-28(35)36)14-3-5-20-4-2-6-25(30)29(20)31/h2,4,6,8,10-11,13,17,19,21,26H,7,9,12,14-16,18H2,1H3,(H,35,36)/t19-,21+,26-/m1/s1. The Labute approximate surface area is 226 Å². The highest BCUT2D eigenvalue weighted by molar-refractivity contribution is 6.42. The van der Waals surface area contributed by atoms with E-state index in [1.807, 2.05) is 24.3 Å². The molecule has 1 aliphatic rings. The number of piperidine rings is 1. The monoisotopic (exact) mass is 542 g/mol. The van der Waals surface area contributed by atoms with Gasteiger partial charge in [-0.25, -0.2) is 4.39 Å². The summed E-state index contributed by atoms with van der Waals surface area (Å²) in [4.78, 5) is 18.1. The van der Waals surface area contributed by atoms with Gasteiger partial charge < -0.3 is 9.84 Å². The second kappa shape index (κ2) is 12.6. The molecule has 0 aliphatic carbocycles. The Bertz CT molecular complexity index is 1320. The number of fused-ring (bicyclic) bond motifs is 1. The number of hydrogen-bond donors (Lipinski definition) is 1. The number of benzene rings is 2. The first-order valence-electron chi connectivity index (χ1n) is 12.3. The van der Waals surface area contributed by atoms with E-state index in [0.29, 0.717) is 52.9 Å². The second-order valence-electron chi connectivity index (χ2n) is 9.37. The Hall–Kier alpha value is -2.85. The summed E-state index contributed by atoms with van der Waals surface area (Å²) in [6.07, 6.45) is 2.25. The van der Waals surface area contributed by atoms with Crippen LogP contribution in [0.25, 0.3) is 10.9 Å². The predicted molar refractivity (Wildman–Crippen MR) is 145 cm³/mol. The summed E-state index contributed by atoms with van der Waals surface area (Å²) in [5, 5.41) is 11.1. The summed E-state index contributed by atoms with van der Waals surface area (Å²) >= 11 is 12.3. The normalized spacial score (nSPS) is 18.7. The van der Waals surface area contributed by atoms with Crippen molar-refractivity contribution in [1.29, 1.82) is 0 Å². The molecule has 1 aromatic heterocycles. The molecular formula is C29H29Cl2FN2O3. The summed E-state index contributed by atoms with van der Waals surface area (Å²) in [7, 11) is 1.58.